The minimum absolute atomic E-state index is 0.0846. The fourth-order valence-corrected chi connectivity index (χ4v) is 3.11. The molecule has 0 aliphatic rings. The highest BCUT2D eigenvalue weighted by Crippen LogP contribution is 2.37. The van der Waals surface area contributed by atoms with Crippen LogP contribution in [0.1, 0.15) is 23.6 Å². The number of alkyl halides is 3. The van der Waals surface area contributed by atoms with Gasteiger partial charge in [0.05, 0.1) is 36.0 Å². The molecule has 0 fully saturated rings. The highest BCUT2D eigenvalue weighted by Gasteiger charge is 2.35. The van der Waals surface area contributed by atoms with E-state index in [1.54, 1.807) is 4.57 Å². The van der Waals surface area contributed by atoms with Crippen molar-refractivity contribution in [2.75, 3.05) is 0 Å². The zero-order valence-corrected chi connectivity index (χ0v) is 15.8. The van der Waals surface area contributed by atoms with Crippen molar-refractivity contribution in [1.82, 2.24) is 9.55 Å². The number of ketones is 1. The Morgan fingerprint density at radius 2 is 1.97 bits per heavy atom. The Kier molecular flexibility index (Phi) is 5.20. The van der Waals surface area contributed by atoms with E-state index in [0.29, 0.717) is 5.52 Å². The van der Waals surface area contributed by atoms with Crippen LogP contribution in [0.4, 0.5) is 18.9 Å². The maximum absolute atomic E-state index is 13.1. The number of hydrogen-bond donors (Lipinski definition) is 1. The summed E-state index contributed by atoms with van der Waals surface area (Å²) in [5, 5.41) is 10.7. The molecule has 1 atom stereocenters. The van der Waals surface area contributed by atoms with Crippen molar-refractivity contribution in [3.63, 3.8) is 0 Å². The predicted octanol–water partition coefficient (Wildman–Crippen LogP) is 4.48. The molecule has 8 heteroatoms. The number of carbonyl (C=O) groups excluding carboxylic acids is 1. The third-order valence-electron chi connectivity index (χ3n) is 4.71. The Balaban J connectivity index is 1.84. The van der Waals surface area contributed by atoms with Crippen LogP contribution in [0.15, 0.2) is 42.7 Å². The van der Waals surface area contributed by atoms with E-state index >= 15 is 0 Å². The maximum Gasteiger partial charge on any atom is 0.407 e. The van der Waals surface area contributed by atoms with Gasteiger partial charge in [0, 0.05) is 6.42 Å². The standard InChI is InChI=1S/C21H18F3N3O2/c1-13-4-6-17-18(8-13)27(12-26-17)11-20(2,29)19(28)10-14-5-7-16(25-3)15(9-14)21(22,23)24/h4-9,12,29H,10-11H2,1-2H3/t20-/m0/s1. The van der Waals surface area contributed by atoms with Crippen molar-refractivity contribution in [2.24, 2.45) is 0 Å². The lowest BCUT2D eigenvalue weighted by molar-refractivity contribution is -0.138. The second kappa shape index (κ2) is 7.33. The fourth-order valence-electron chi connectivity index (χ4n) is 3.11. The van der Waals surface area contributed by atoms with Crippen LogP contribution in [0, 0.1) is 13.5 Å². The molecule has 29 heavy (non-hydrogen) atoms. The summed E-state index contributed by atoms with van der Waals surface area (Å²) in [6, 6.07) is 8.73. The monoisotopic (exact) mass is 401 g/mol. The summed E-state index contributed by atoms with van der Waals surface area (Å²) in [5.74, 6) is -0.629. The minimum atomic E-state index is -4.70. The lowest BCUT2D eigenvalue weighted by Gasteiger charge is -2.23. The summed E-state index contributed by atoms with van der Waals surface area (Å²) >= 11 is 0. The van der Waals surface area contributed by atoms with Gasteiger partial charge in [-0.15, -0.1) is 0 Å². The highest BCUT2D eigenvalue weighted by molar-refractivity contribution is 5.89. The second-order valence-electron chi connectivity index (χ2n) is 7.20. The first kappa shape index (κ1) is 20.6. The van der Waals surface area contributed by atoms with Crippen LogP contribution in [0.3, 0.4) is 0 Å². The van der Waals surface area contributed by atoms with Gasteiger partial charge in [-0.3, -0.25) is 4.79 Å². The van der Waals surface area contributed by atoms with Crippen molar-refractivity contribution in [3.05, 3.63) is 70.8 Å². The van der Waals surface area contributed by atoms with Crippen LogP contribution >= 0.6 is 0 Å². The van der Waals surface area contributed by atoms with E-state index < -0.39 is 28.8 Å². The molecular weight excluding hydrogens is 383 g/mol. The molecular formula is C21H18F3N3O2. The number of aromatic nitrogens is 2. The van der Waals surface area contributed by atoms with Gasteiger partial charge in [0.15, 0.2) is 11.5 Å². The van der Waals surface area contributed by atoms with Crippen LogP contribution in [0.2, 0.25) is 0 Å². The zero-order valence-electron chi connectivity index (χ0n) is 15.8. The molecule has 3 aromatic rings. The van der Waals surface area contributed by atoms with Gasteiger partial charge in [-0.2, -0.15) is 13.2 Å². The zero-order chi connectivity index (χ0) is 21.4. The number of aliphatic hydroxyl groups is 1. The normalized spacial score (nSPS) is 13.8. The van der Waals surface area contributed by atoms with E-state index in [1.165, 1.54) is 19.3 Å². The lowest BCUT2D eigenvalue weighted by Crippen LogP contribution is -2.40. The van der Waals surface area contributed by atoms with Crippen LogP contribution in [0.5, 0.6) is 0 Å². The summed E-state index contributed by atoms with van der Waals surface area (Å²) in [4.78, 5) is 19.8. The molecule has 1 N–H and O–H groups in total. The molecule has 0 aliphatic carbocycles. The first-order valence-corrected chi connectivity index (χ1v) is 8.76. The second-order valence-corrected chi connectivity index (χ2v) is 7.20. The number of Topliss-reactive ketones (excluding diaryl/α,β-unsaturated/α-hetero) is 1. The van der Waals surface area contributed by atoms with Gasteiger partial charge in [-0.05, 0) is 37.1 Å². The molecule has 150 valence electrons. The van der Waals surface area contributed by atoms with Crippen molar-refractivity contribution in [1.29, 1.82) is 0 Å². The van der Waals surface area contributed by atoms with Gasteiger partial charge < -0.3 is 9.67 Å². The van der Waals surface area contributed by atoms with Crippen LogP contribution < -0.4 is 0 Å². The number of halogens is 3. The Morgan fingerprint density at radius 3 is 2.62 bits per heavy atom. The van der Waals surface area contributed by atoms with E-state index in [2.05, 4.69) is 9.83 Å². The van der Waals surface area contributed by atoms with E-state index in [0.717, 1.165) is 23.2 Å². The molecule has 0 amide bonds. The van der Waals surface area contributed by atoms with Gasteiger partial charge in [0.25, 0.3) is 0 Å². The molecule has 0 saturated carbocycles. The van der Waals surface area contributed by atoms with E-state index in [-0.39, 0.29) is 18.5 Å². The molecule has 0 aliphatic heterocycles. The first-order valence-electron chi connectivity index (χ1n) is 8.76. The van der Waals surface area contributed by atoms with Gasteiger partial charge in [0.2, 0.25) is 0 Å². The molecule has 5 nitrogen and oxygen atoms in total. The number of imidazole rings is 1. The SMILES string of the molecule is [C-]#[N+]c1ccc(CC(=O)[C@@](C)(O)Cn2cnc3ccc(C)cc32)cc1C(F)(F)F. The average molecular weight is 401 g/mol. The van der Waals surface area contributed by atoms with Crippen LogP contribution in [-0.2, 0) is 23.9 Å². The molecule has 0 spiro atoms. The van der Waals surface area contributed by atoms with Crippen molar-refractivity contribution < 1.29 is 23.1 Å². The highest BCUT2D eigenvalue weighted by atomic mass is 19.4. The van der Waals surface area contributed by atoms with Crippen LogP contribution in [0.25, 0.3) is 15.9 Å². The number of hydrogen-bond acceptors (Lipinski definition) is 3. The summed E-state index contributed by atoms with van der Waals surface area (Å²) in [5.41, 5.74) is -0.892. The number of benzene rings is 2. The van der Waals surface area contributed by atoms with Crippen molar-refractivity contribution in [2.45, 2.75) is 38.6 Å². The van der Waals surface area contributed by atoms with E-state index in [1.807, 2.05) is 25.1 Å². The molecule has 0 saturated heterocycles. The summed E-state index contributed by atoms with van der Waals surface area (Å²) in [6.07, 6.45) is -3.58. The number of fused-ring (bicyclic) bond motifs is 1. The third-order valence-corrected chi connectivity index (χ3v) is 4.71. The summed E-state index contributed by atoms with van der Waals surface area (Å²) in [6.45, 7) is 10.0. The summed E-state index contributed by atoms with van der Waals surface area (Å²) < 4.78 is 41.0. The largest absolute Gasteiger partial charge is 0.407 e. The average Bonchev–Trinajstić information content (AvgIpc) is 3.02. The smallest absolute Gasteiger partial charge is 0.380 e. The quantitative estimate of drug-likeness (QED) is 0.642. The van der Waals surface area contributed by atoms with Gasteiger partial charge in [-0.25, -0.2) is 9.83 Å². The molecule has 1 heterocycles. The topological polar surface area (TPSA) is 59.5 Å². The molecule has 0 unspecified atom stereocenters. The molecule has 1 aromatic heterocycles. The summed E-state index contributed by atoms with van der Waals surface area (Å²) in [7, 11) is 0. The molecule has 3 rings (SSSR count). The first-order chi connectivity index (χ1) is 13.5. The van der Waals surface area contributed by atoms with Crippen molar-refractivity contribution >= 4 is 22.5 Å². The van der Waals surface area contributed by atoms with Crippen molar-refractivity contribution in [3.8, 4) is 0 Å². The Bertz CT molecular complexity index is 1120. The number of nitrogens with zero attached hydrogens (tertiary/aromatic N) is 3. The van der Waals surface area contributed by atoms with Gasteiger partial charge in [-0.1, -0.05) is 24.3 Å². The Hall–Kier alpha value is -3.18. The number of carbonyl (C=O) groups is 1. The van der Waals surface area contributed by atoms with E-state index in [9.17, 15) is 23.1 Å². The number of rotatable bonds is 5. The van der Waals surface area contributed by atoms with E-state index in [4.69, 9.17) is 6.57 Å². The van der Waals surface area contributed by atoms with Gasteiger partial charge in [0.1, 0.15) is 5.60 Å². The third kappa shape index (κ3) is 4.30. The molecule has 2 aromatic carbocycles. The maximum atomic E-state index is 13.1. The van der Waals surface area contributed by atoms with Crippen LogP contribution in [-0.4, -0.2) is 26.0 Å². The minimum Gasteiger partial charge on any atom is -0.380 e. The lowest BCUT2D eigenvalue weighted by atomic mass is 9.94. The number of aryl methyl sites for hydroxylation is 1. The Morgan fingerprint density at radius 1 is 1.24 bits per heavy atom. The Labute approximate surface area is 165 Å². The fraction of sp³-hybridized carbons (Fsp3) is 0.286. The van der Waals surface area contributed by atoms with Gasteiger partial charge >= 0.3 is 6.18 Å². The molecule has 0 bridgehead atoms. The molecule has 0 radical (unpaired) electrons. The predicted molar refractivity (Wildman–Crippen MR) is 102 cm³/mol.